The minimum absolute atomic E-state index is 0.00765. The highest BCUT2D eigenvalue weighted by atomic mass is 79.9. The highest BCUT2D eigenvalue weighted by Gasteiger charge is 2.13. The molecule has 0 aromatic heterocycles. The first-order valence-electron chi connectivity index (χ1n) is 7.95. The number of hydrogen-bond donors (Lipinski definition) is 2. The molecule has 0 saturated heterocycles. The van der Waals surface area contributed by atoms with E-state index in [0.717, 1.165) is 27.0 Å². The minimum Gasteiger partial charge on any atom is -0.376 e. The molecule has 0 heterocycles. The maximum Gasteiger partial charge on any atom is 0.243 e. The second-order valence-corrected chi connectivity index (χ2v) is 6.89. The molecule has 0 fully saturated rings. The number of amides is 2. The smallest absolute Gasteiger partial charge is 0.243 e. The van der Waals surface area contributed by atoms with E-state index in [1.54, 1.807) is 7.05 Å². The van der Waals surface area contributed by atoms with Crippen molar-refractivity contribution >= 4 is 39.1 Å². The van der Waals surface area contributed by atoms with E-state index in [2.05, 4.69) is 26.6 Å². The van der Waals surface area contributed by atoms with Crippen LogP contribution in [0.2, 0.25) is 0 Å². The van der Waals surface area contributed by atoms with Gasteiger partial charge in [0.05, 0.1) is 13.1 Å². The van der Waals surface area contributed by atoms with Gasteiger partial charge in [0, 0.05) is 22.9 Å². The van der Waals surface area contributed by atoms with E-state index in [0.29, 0.717) is 0 Å². The quantitative estimate of drug-likeness (QED) is 0.774. The molecular formula is C19H22BrN3O2. The summed E-state index contributed by atoms with van der Waals surface area (Å²) in [7, 11) is 1.62. The van der Waals surface area contributed by atoms with Gasteiger partial charge in [0.2, 0.25) is 11.8 Å². The Morgan fingerprint density at radius 2 is 1.76 bits per heavy atom. The van der Waals surface area contributed by atoms with Gasteiger partial charge in [0.1, 0.15) is 0 Å². The molecule has 0 spiro atoms. The second-order valence-electron chi connectivity index (χ2n) is 5.98. The van der Waals surface area contributed by atoms with E-state index >= 15 is 0 Å². The summed E-state index contributed by atoms with van der Waals surface area (Å²) < 4.78 is 0.992. The molecule has 2 rings (SSSR count). The van der Waals surface area contributed by atoms with Crippen LogP contribution in [0, 0.1) is 13.8 Å². The molecule has 2 amide bonds. The molecule has 0 saturated carbocycles. The standard InChI is InChI=1S/C19H22BrN3O2/c1-13-4-7-16(8-5-13)22-18(24)12-23(3)19(25)11-21-17-9-6-15(20)10-14(17)2/h4-10,21H,11-12H2,1-3H3,(H,22,24). The average molecular weight is 404 g/mol. The number of nitrogens with one attached hydrogen (secondary N) is 2. The summed E-state index contributed by atoms with van der Waals surface area (Å²) in [5.41, 5.74) is 3.79. The highest BCUT2D eigenvalue weighted by Crippen LogP contribution is 2.19. The van der Waals surface area contributed by atoms with Crippen molar-refractivity contribution in [2.75, 3.05) is 30.8 Å². The Labute approximate surface area is 156 Å². The molecule has 0 atom stereocenters. The van der Waals surface area contributed by atoms with Gasteiger partial charge in [0.15, 0.2) is 0 Å². The van der Waals surface area contributed by atoms with Crippen LogP contribution in [0.15, 0.2) is 46.9 Å². The summed E-state index contributed by atoms with van der Waals surface area (Å²) in [5.74, 6) is -0.374. The third kappa shape index (κ3) is 5.90. The Bertz CT molecular complexity index is 760. The summed E-state index contributed by atoms with van der Waals surface area (Å²) in [5, 5.41) is 5.89. The van der Waals surface area contributed by atoms with Crippen molar-refractivity contribution in [1.29, 1.82) is 0 Å². The first-order chi connectivity index (χ1) is 11.8. The van der Waals surface area contributed by atoms with Crippen molar-refractivity contribution < 1.29 is 9.59 Å². The Morgan fingerprint density at radius 1 is 1.08 bits per heavy atom. The normalized spacial score (nSPS) is 10.2. The zero-order valence-corrected chi connectivity index (χ0v) is 16.2. The van der Waals surface area contributed by atoms with Crippen LogP contribution in [0.5, 0.6) is 0 Å². The van der Waals surface area contributed by atoms with Crippen LogP contribution in [-0.2, 0) is 9.59 Å². The monoisotopic (exact) mass is 403 g/mol. The summed E-state index contributed by atoms with van der Waals surface area (Å²) in [6, 6.07) is 13.3. The molecule has 25 heavy (non-hydrogen) atoms. The van der Waals surface area contributed by atoms with Gasteiger partial charge < -0.3 is 15.5 Å². The van der Waals surface area contributed by atoms with E-state index in [-0.39, 0.29) is 24.9 Å². The lowest BCUT2D eigenvalue weighted by molar-refractivity contribution is -0.131. The van der Waals surface area contributed by atoms with Crippen LogP contribution in [0.4, 0.5) is 11.4 Å². The molecule has 0 bridgehead atoms. The molecule has 2 aromatic rings. The Morgan fingerprint density at radius 3 is 2.40 bits per heavy atom. The van der Waals surface area contributed by atoms with Crippen LogP contribution < -0.4 is 10.6 Å². The van der Waals surface area contributed by atoms with Gasteiger partial charge in [-0.05, 0) is 49.7 Å². The number of hydrogen-bond acceptors (Lipinski definition) is 3. The number of carbonyl (C=O) groups is 2. The fourth-order valence-electron chi connectivity index (χ4n) is 2.27. The van der Waals surface area contributed by atoms with Crippen molar-refractivity contribution in [3.63, 3.8) is 0 Å². The molecule has 0 unspecified atom stereocenters. The number of likely N-dealkylation sites (N-methyl/N-ethyl adjacent to an activating group) is 1. The number of halogens is 1. The fraction of sp³-hybridized carbons (Fsp3) is 0.263. The predicted octanol–water partition coefficient (Wildman–Crippen LogP) is 3.57. The average Bonchev–Trinajstić information content (AvgIpc) is 2.55. The third-order valence-corrected chi connectivity index (χ3v) is 4.25. The first-order valence-corrected chi connectivity index (χ1v) is 8.75. The minimum atomic E-state index is -0.223. The van der Waals surface area contributed by atoms with E-state index in [4.69, 9.17) is 0 Å². The molecule has 0 aliphatic heterocycles. The van der Waals surface area contributed by atoms with Crippen molar-refractivity contribution in [1.82, 2.24) is 4.90 Å². The lowest BCUT2D eigenvalue weighted by Crippen LogP contribution is -2.38. The highest BCUT2D eigenvalue weighted by molar-refractivity contribution is 9.10. The van der Waals surface area contributed by atoms with Gasteiger partial charge in [-0.15, -0.1) is 0 Å². The number of benzene rings is 2. The molecule has 0 aliphatic rings. The Balaban J connectivity index is 1.82. The number of rotatable bonds is 6. The van der Waals surface area contributed by atoms with Gasteiger partial charge in [-0.2, -0.15) is 0 Å². The summed E-state index contributed by atoms with van der Waals surface area (Å²) >= 11 is 3.41. The summed E-state index contributed by atoms with van der Waals surface area (Å²) in [6.45, 7) is 4.10. The van der Waals surface area contributed by atoms with Crippen molar-refractivity contribution in [3.05, 3.63) is 58.1 Å². The molecule has 6 heteroatoms. The molecule has 2 N–H and O–H groups in total. The van der Waals surface area contributed by atoms with Crippen molar-refractivity contribution in [2.45, 2.75) is 13.8 Å². The van der Waals surface area contributed by atoms with Crippen LogP contribution in [0.1, 0.15) is 11.1 Å². The zero-order chi connectivity index (χ0) is 18.4. The van der Waals surface area contributed by atoms with E-state index in [1.807, 2.05) is 56.3 Å². The lowest BCUT2D eigenvalue weighted by Gasteiger charge is -2.18. The summed E-state index contributed by atoms with van der Waals surface area (Å²) in [6.07, 6.45) is 0. The number of carbonyl (C=O) groups excluding carboxylic acids is 2. The Kier molecular flexibility index (Phi) is 6.58. The molecule has 0 radical (unpaired) electrons. The molecule has 132 valence electrons. The third-order valence-electron chi connectivity index (χ3n) is 3.76. The largest absolute Gasteiger partial charge is 0.376 e. The fourth-order valence-corrected chi connectivity index (χ4v) is 2.75. The van der Waals surface area contributed by atoms with Crippen molar-refractivity contribution in [3.8, 4) is 0 Å². The van der Waals surface area contributed by atoms with Crippen LogP contribution in [0.3, 0.4) is 0 Å². The van der Waals surface area contributed by atoms with E-state index in [1.165, 1.54) is 4.90 Å². The van der Waals surface area contributed by atoms with E-state index in [9.17, 15) is 9.59 Å². The van der Waals surface area contributed by atoms with Gasteiger partial charge in [0.25, 0.3) is 0 Å². The maximum atomic E-state index is 12.2. The zero-order valence-electron chi connectivity index (χ0n) is 14.6. The lowest BCUT2D eigenvalue weighted by atomic mass is 10.2. The SMILES string of the molecule is Cc1ccc(NC(=O)CN(C)C(=O)CNc2ccc(Br)cc2C)cc1. The molecule has 0 aliphatic carbocycles. The van der Waals surface area contributed by atoms with Crippen LogP contribution in [0.25, 0.3) is 0 Å². The van der Waals surface area contributed by atoms with Gasteiger partial charge >= 0.3 is 0 Å². The molecule has 2 aromatic carbocycles. The maximum absolute atomic E-state index is 12.2. The van der Waals surface area contributed by atoms with Gasteiger partial charge in [-0.3, -0.25) is 9.59 Å². The predicted molar refractivity (Wildman–Crippen MR) is 105 cm³/mol. The topological polar surface area (TPSA) is 61.4 Å². The number of aryl methyl sites for hydroxylation is 2. The summed E-state index contributed by atoms with van der Waals surface area (Å²) in [4.78, 5) is 25.7. The molecular weight excluding hydrogens is 382 g/mol. The van der Waals surface area contributed by atoms with Crippen LogP contribution >= 0.6 is 15.9 Å². The van der Waals surface area contributed by atoms with Crippen LogP contribution in [-0.4, -0.2) is 36.9 Å². The van der Waals surface area contributed by atoms with E-state index < -0.39 is 0 Å². The first kappa shape index (κ1) is 19.0. The molecule has 5 nitrogen and oxygen atoms in total. The number of anilines is 2. The second kappa shape index (κ2) is 8.67. The van der Waals surface area contributed by atoms with Crippen molar-refractivity contribution in [2.24, 2.45) is 0 Å². The van der Waals surface area contributed by atoms with Gasteiger partial charge in [-0.1, -0.05) is 33.6 Å². The Hall–Kier alpha value is -2.34. The van der Waals surface area contributed by atoms with Gasteiger partial charge in [-0.25, -0.2) is 0 Å². The number of nitrogens with zero attached hydrogens (tertiary/aromatic N) is 1.